The van der Waals surface area contributed by atoms with Gasteiger partial charge in [-0.2, -0.15) is 0 Å². The number of carbonyl (C=O) groups excluding carboxylic acids is 1. The summed E-state index contributed by atoms with van der Waals surface area (Å²) in [5, 5.41) is 1.40. The Morgan fingerprint density at radius 2 is 1.76 bits per heavy atom. The molecular weight excluding hydrogens is 461 g/mol. The number of H-pyrrole nitrogens is 1. The molecule has 0 aliphatic rings. The number of nitrogens with one attached hydrogen (secondary N) is 1. The minimum atomic E-state index is -0.390. The number of hydrogen-bond acceptors (Lipinski definition) is 4. The van der Waals surface area contributed by atoms with E-state index in [9.17, 15) is 14.0 Å². The predicted octanol–water partition coefficient (Wildman–Crippen LogP) is 5.77. The van der Waals surface area contributed by atoms with Crippen molar-refractivity contribution in [3.63, 3.8) is 0 Å². The van der Waals surface area contributed by atoms with Crippen LogP contribution < -0.4 is 5.56 Å². The van der Waals surface area contributed by atoms with Crippen molar-refractivity contribution in [2.24, 2.45) is 0 Å². The topological polar surface area (TPSA) is 66.1 Å². The number of aromatic amines is 1. The van der Waals surface area contributed by atoms with E-state index in [0.717, 1.165) is 16.9 Å². The van der Waals surface area contributed by atoms with Crippen molar-refractivity contribution in [3.8, 4) is 0 Å². The maximum absolute atomic E-state index is 13.7. The molecule has 0 atom stereocenters. The van der Waals surface area contributed by atoms with E-state index in [1.54, 1.807) is 29.2 Å². The molecule has 3 aromatic carbocycles. The van der Waals surface area contributed by atoms with Gasteiger partial charge in [-0.15, -0.1) is 11.3 Å². The largest absolute Gasteiger partial charge is 0.326 e. The molecule has 1 N–H and O–H groups in total. The highest BCUT2D eigenvalue weighted by Crippen LogP contribution is 2.36. The fourth-order valence-corrected chi connectivity index (χ4v) is 5.22. The van der Waals surface area contributed by atoms with Crippen LogP contribution in [-0.4, -0.2) is 20.8 Å². The lowest BCUT2D eigenvalue weighted by molar-refractivity contribution is 0.0730. The van der Waals surface area contributed by atoms with Gasteiger partial charge in [-0.05, 0) is 35.9 Å². The van der Waals surface area contributed by atoms with Gasteiger partial charge >= 0.3 is 0 Å². The number of rotatable bonds is 5. The van der Waals surface area contributed by atoms with Gasteiger partial charge in [0, 0.05) is 16.6 Å². The predicted molar refractivity (Wildman–Crippen MR) is 129 cm³/mol. The molecule has 2 aromatic heterocycles. The number of halogens is 2. The second-order valence-corrected chi connectivity index (χ2v) is 8.99. The van der Waals surface area contributed by atoms with Gasteiger partial charge in [0.05, 0.1) is 22.5 Å². The Morgan fingerprint density at radius 3 is 2.58 bits per heavy atom. The first kappa shape index (κ1) is 21.3. The van der Waals surface area contributed by atoms with Crippen molar-refractivity contribution >= 4 is 49.8 Å². The average molecular weight is 478 g/mol. The molecule has 0 unspecified atom stereocenters. The second-order valence-electron chi connectivity index (χ2n) is 7.56. The lowest BCUT2D eigenvalue weighted by Gasteiger charge is -2.22. The monoisotopic (exact) mass is 477 g/mol. The molecule has 2 heterocycles. The van der Waals surface area contributed by atoms with Gasteiger partial charge in [0.25, 0.3) is 11.5 Å². The van der Waals surface area contributed by atoms with Gasteiger partial charge in [-0.25, -0.2) is 9.37 Å². The number of nitrogens with zero attached hydrogens (tertiary/aromatic N) is 2. The number of hydrogen-bond donors (Lipinski definition) is 1. The summed E-state index contributed by atoms with van der Waals surface area (Å²) in [6, 6.07) is 20.8. The number of aromatic nitrogens is 2. The zero-order chi connectivity index (χ0) is 22.9. The Balaban J connectivity index is 1.55. The Bertz CT molecular complexity index is 1550. The van der Waals surface area contributed by atoms with E-state index in [-0.39, 0.29) is 29.6 Å². The molecule has 164 valence electrons. The van der Waals surface area contributed by atoms with Crippen LogP contribution in [0.4, 0.5) is 4.39 Å². The molecule has 0 aliphatic carbocycles. The highest BCUT2D eigenvalue weighted by atomic mass is 35.5. The fraction of sp³-hybridized carbons (Fsp3) is 0.0800. The smallest absolute Gasteiger partial charge is 0.266 e. The molecule has 5 rings (SSSR count). The third kappa shape index (κ3) is 4.25. The van der Waals surface area contributed by atoms with Crippen molar-refractivity contribution < 1.29 is 9.18 Å². The molecule has 33 heavy (non-hydrogen) atoms. The van der Waals surface area contributed by atoms with Gasteiger partial charge in [-0.3, -0.25) is 9.59 Å². The van der Waals surface area contributed by atoms with Gasteiger partial charge in [-0.1, -0.05) is 54.1 Å². The van der Waals surface area contributed by atoms with Crippen molar-refractivity contribution in [2.75, 3.05) is 0 Å². The lowest BCUT2D eigenvalue weighted by Crippen LogP contribution is -2.31. The molecule has 1 amide bonds. The van der Waals surface area contributed by atoms with E-state index in [0.29, 0.717) is 31.7 Å². The normalized spacial score (nSPS) is 11.2. The minimum Gasteiger partial charge on any atom is -0.326 e. The van der Waals surface area contributed by atoms with Crippen LogP contribution in [0.25, 0.3) is 21.0 Å². The maximum Gasteiger partial charge on any atom is 0.266 e. The number of amides is 1. The molecule has 5 aromatic rings. The molecule has 0 spiro atoms. The average Bonchev–Trinajstić information content (AvgIpc) is 3.14. The SMILES string of the molecule is O=C(c1sc2cc(F)ccc2c1Cl)N(Cc1ccccc1)Cc1nc2ccccc2c(=O)[nH]1. The van der Waals surface area contributed by atoms with Crippen LogP contribution in [0.2, 0.25) is 5.02 Å². The summed E-state index contributed by atoms with van der Waals surface area (Å²) in [6.45, 7) is 0.363. The number of fused-ring (bicyclic) bond motifs is 2. The van der Waals surface area contributed by atoms with Crippen LogP contribution in [0.15, 0.2) is 77.6 Å². The third-order valence-corrected chi connectivity index (χ3v) is 6.94. The van der Waals surface area contributed by atoms with Crippen LogP contribution in [0, 0.1) is 5.82 Å². The first-order chi connectivity index (χ1) is 16.0. The summed E-state index contributed by atoms with van der Waals surface area (Å²) < 4.78 is 14.3. The van der Waals surface area contributed by atoms with E-state index in [2.05, 4.69) is 9.97 Å². The second kappa shape index (κ2) is 8.77. The first-order valence-electron chi connectivity index (χ1n) is 10.2. The highest BCUT2D eigenvalue weighted by Gasteiger charge is 2.24. The molecule has 0 aliphatic heterocycles. The van der Waals surface area contributed by atoms with E-state index in [4.69, 9.17) is 11.6 Å². The highest BCUT2D eigenvalue weighted by molar-refractivity contribution is 7.21. The first-order valence-corrected chi connectivity index (χ1v) is 11.4. The van der Waals surface area contributed by atoms with E-state index >= 15 is 0 Å². The number of para-hydroxylation sites is 1. The third-order valence-electron chi connectivity index (χ3n) is 5.29. The van der Waals surface area contributed by atoms with Crippen molar-refractivity contribution in [3.05, 3.63) is 110 Å². The van der Waals surface area contributed by atoms with Crippen molar-refractivity contribution in [2.45, 2.75) is 13.1 Å². The molecule has 5 nitrogen and oxygen atoms in total. The summed E-state index contributed by atoms with van der Waals surface area (Å²) in [5.74, 6) is -0.342. The van der Waals surface area contributed by atoms with Crippen LogP contribution in [0.3, 0.4) is 0 Å². The molecule has 8 heteroatoms. The van der Waals surface area contributed by atoms with Gasteiger partial charge in [0.15, 0.2) is 0 Å². The van der Waals surface area contributed by atoms with Gasteiger partial charge < -0.3 is 9.88 Å². The van der Waals surface area contributed by atoms with Crippen LogP contribution in [-0.2, 0) is 13.1 Å². The summed E-state index contributed by atoms with van der Waals surface area (Å²) in [7, 11) is 0. The Labute approximate surface area is 197 Å². The van der Waals surface area contributed by atoms with Crippen molar-refractivity contribution in [1.29, 1.82) is 0 Å². The van der Waals surface area contributed by atoms with E-state index in [1.165, 1.54) is 12.1 Å². The molecule has 0 radical (unpaired) electrons. The van der Waals surface area contributed by atoms with Gasteiger partial charge in [0.1, 0.15) is 16.5 Å². The number of benzene rings is 3. The molecule has 0 saturated carbocycles. The standard InChI is InChI=1S/C25H17ClFN3O2S/c26-22-18-11-10-16(27)12-20(18)33-23(22)25(32)30(13-15-6-2-1-3-7-15)14-21-28-19-9-5-4-8-17(19)24(31)29-21/h1-12H,13-14H2,(H,28,29,31). The maximum atomic E-state index is 13.7. The Morgan fingerprint density at radius 1 is 1.00 bits per heavy atom. The zero-order valence-electron chi connectivity index (χ0n) is 17.2. The summed E-state index contributed by atoms with van der Waals surface area (Å²) in [5.41, 5.74) is 1.20. The quantitative estimate of drug-likeness (QED) is 0.349. The van der Waals surface area contributed by atoms with Crippen LogP contribution in [0.1, 0.15) is 21.1 Å². The number of thiophene rings is 1. The molecule has 0 bridgehead atoms. The zero-order valence-corrected chi connectivity index (χ0v) is 18.8. The summed E-state index contributed by atoms with van der Waals surface area (Å²) in [4.78, 5) is 35.4. The number of carbonyl (C=O) groups is 1. The van der Waals surface area contributed by atoms with E-state index < -0.39 is 5.82 Å². The molecule has 0 saturated heterocycles. The van der Waals surface area contributed by atoms with Crippen LogP contribution in [0.5, 0.6) is 0 Å². The molecular formula is C25H17ClFN3O2S. The van der Waals surface area contributed by atoms with E-state index in [1.807, 2.05) is 36.4 Å². The Kier molecular flexibility index (Phi) is 5.66. The Hall–Kier alpha value is -3.55. The summed E-state index contributed by atoms with van der Waals surface area (Å²) >= 11 is 7.67. The summed E-state index contributed by atoms with van der Waals surface area (Å²) in [6.07, 6.45) is 0. The van der Waals surface area contributed by atoms with Gasteiger partial charge in [0.2, 0.25) is 0 Å². The lowest BCUT2D eigenvalue weighted by atomic mass is 10.2. The fourth-order valence-electron chi connectivity index (χ4n) is 3.71. The van der Waals surface area contributed by atoms with Crippen LogP contribution >= 0.6 is 22.9 Å². The minimum absolute atomic E-state index is 0.0761. The molecule has 0 fully saturated rings. The van der Waals surface area contributed by atoms with Crippen molar-refractivity contribution in [1.82, 2.24) is 14.9 Å².